The van der Waals surface area contributed by atoms with Crippen LogP contribution in [0.2, 0.25) is 0 Å². The smallest absolute Gasteiger partial charge is 0.269 e. The van der Waals surface area contributed by atoms with Gasteiger partial charge in [-0.1, -0.05) is 12.1 Å². The Balaban J connectivity index is 1.81. The minimum Gasteiger partial charge on any atom is -0.454 e. The molecule has 0 fully saturated rings. The molecule has 0 spiro atoms. The number of ether oxygens (including phenoxy) is 3. The third-order valence-electron chi connectivity index (χ3n) is 4.18. The first-order chi connectivity index (χ1) is 11.1. The van der Waals surface area contributed by atoms with Crippen LogP contribution in [-0.4, -0.2) is 17.8 Å². The van der Waals surface area contributed by atoms with Crippen molar-refractivity contribution < 1.29 is 19.1 Å². The zero-order valence-corrected chi connectivity index (χ0v) is 12.5. The van der Waals surface area contributed by atoms with Gasteiger partial charge in [-0.2, -0.15) is 0 Å². The average Bonchev–Trinajstić information content (AvgIpc) is 2.99. The van der Waals surface area contributed by atoms with Gasteiger partial charge in [0.15, 0.2) is 11.5 Å². The van der Waals surface area contributed by atoms with Crippen LogP contribution in [0, 0.1) is 10.1 Å². The lowest BCUT2D eigenvalue weighted by atomic mass is 9.90. The van der Waals surface area contributed by atoms with Crippen molar-refractivity contribution in [1.29, 1.82) is 0 Å². The Morgan fingerprint density at radius 2 is 1.96 bits per heavy atom. The highest BCUT2D eigenvalue weighted by atomic mass is 16.7. The largest absolute Gasteiger partial charge is 0.454 e. The summed E-state index contributed by atoms with van der Waals surface area (Å²) in [4.78, 5) is 10.6. The van der Waals surface area contributed by atoms with Crippen LogP contribution in [0.4, 0.5) is 5.69 Å². The van der Waals surface area contributed by atoms with Gasteiger partial charge in [0.25, 0.3) is 5.69 Å². The summed E-state index contributed by atoms with van der Waals surface area (Å²) in [6, 6.07) is 10.5. The van der Waals surface area contributed by atoms with Crippen LogP contribution in [0.3, 0.4) is 0 Å². The molecule has 6 heteroatoms. The first-order valence-corrected chi connectivity index (χ1v) is 7.44. The van der Waals surface area contributed by atoms with Crippen molar-refractivity contribution in [3.05, 3.63) is 63.2 Å². The van der Waals surface area contributed by atoms with E-state index in [4.69, 9.17) is 14.2 Å². The van der Waals surface area contributed by atoms with Gasteiger partial charge in [-0.25, -0.2) is 0 Å². The SMILES string of the molecule is C[C@H]1Cc2cc3c(cc2C(c2cccc([N+](=O)[O-])c2)O1)OCO3. The summed E-state index contributed by atoms with van der Waals surface area (Å²) in [6.45, 7) is 2.22. The fourth-order valence-corrected chi connectivity index (χ4v) is 3.14. The Hall–Kier alpha value is -2.60. The molecule has 4 rings (SSSR count). The second-order valence-electron chi connectivity index (χ2n) is 5.79. The molecule has 2 aromatic rings. The highest BCUT2D eigenvalue weighted by molar-refractivity contribution is 5.52. The molecule has 0 N–H and O–H groups in total. The van der Waals surface area contributed by atoms with Crippen molar-refractivity contribution in [3.8, 4) is 11.5 Å². The fraction of sp³-hybridized carbons (Fsp3) is 0.294. The summed E-state index contributed by atoms with van der Waals surface area (Å²) in [5, 5.41) is 11.0. The van der Waals surface area contributed by atoms with Crippen molar-refractivity contribution >= 4 is 5.69 Å². The molecule has 2 aliphatic rings. The number of hydrogen-bond acceptors (Lipinski definition) is 5. The Labute approximate surface area is 132 Å². The van der Waals surface area contributed by atoms with Crippen molar-refractivity contribution in [2.75, 3.05) is 6.79 Å². The highest BCUT2D eigenvalue weighted by Gasteiger charge is 2.30. The number of hydrogen-bond donors (Lipinski definition) is 0. The summed E-state index contributed by atoms with van der Waals surface area (Å²) >= 11 is 0. The normalized spacial score (nSPS) is 21.8. The highest BCUT2D eigenvalue weighted by Crippen LogP contribution is 2.43. The lowest BCUT2D eigenvalue weighted by Gasteiger charge is -2.31. The number of non-ortho nitro benzene ring substituents is 1. The van der Waals surface area contributed by atoms with E-state index >= 15 is 0 Å². The van der Waals surface area contributed by atoms with Crippen LogP contribution in [0.1, 0.15) is 29.7 Å². The molecule has 0 radical (unpaired) electrons. The fourth-order valence-electron chi connectivity index (χ4n) is 3.14. The van der Waals surface area contributed by atoms with E-state index in [-0.39, 0.29) is 24.7 Å². The van der Waals surface area contributed by atoms with Crippen LogP contribution in [-0.2, 0) is 11.2 Å². The molecule has 0 aliphatic carbocycles. The monoisotopic (exact) mass is 313 g/mol. The molecule has 2 heterocycles. The van der Waals surface area contributed by atoms with Gasteiger partial charge in [-0.05, 0) is 42.2 Å². The Morgan fingerprint density at radius 3 is 2.74 bits per heavy atom. The van der Waals surface area contributed by atoms with Crippen LogP contribution < -0.4 is 9.47 Å². The first kappa shape index (κ1) is 14.0. The number of fused-ring (bicyclic) bond motifs is 2. The summed E-state index contributed by atoms with van der Waals surface area (Å²) in [5.41, 5.74) is 2.94. The molecule has 0 amide bonds. The molecule has 1 unspecified atom stereocenters. The van der Waals surface area contributed by atoms with Crippen LogP contribution in [0.5, 0.6) is 11.5 Å². The van der Waals surface area contributed by atoms with Crippen molar-refractivity contribution in [2.45, 2.75) is 25.6 Å². The molecular formula is C17H15NO5. The van der Waals surface area contributed by atoms with E-state index in [2.05, 4.69) is 0 Å². The molecule has 6 nitrogen and oxygen atoms in total. The Bertz CT molecular complexity index is 789. The van der Waals surface area contributed by atoms with E-state index in [1.54, 1.807) is 12.1 Å². The Kier molecular flexibility index (Phi) is 3.20. The van der Waals surface area contributed by atoms with E-state index < -0.39 is 4.92 Å². The van der Waals surface area contributed by atoms with Crippen LogP contribution in [0.15, 0.2) is 36.4 Å². The van der Waals surface area contributed by atoms with Gasteiger partial charge in [0.1, 0.15) is 6.10 Å². The number of nitro benzene ring substituents is 1. The van der Waals surface area contributed by atoms with E-state index in [1.807, 2.05) is 25.1 Å². The van der Waals surface area contributed by atoms with Gasteiger partial charge < -0.3 is 14.2 Å². The summed E-state index contributed by atoms with van der Waals surface area (Å²) in [5.74, 6) is 1.44. The summed E-state index contributed by atoms with van der Waals surface area (Å²) in [6.07, 6.45) is 0.451. The van der Waals surface area contributed by atoms with Crippen molar-refractivity contribution in [1.82, 2.24) is 0 Å². The summed E-state index contributed by atoms with van der Waals surface area (Å²) < 4.78 is 17.0. The molecule has 2 atom stereocenters. The van der Waals surface area contributed by atoms with Gasteiger partial charge in [0.05, 0.1) is 11.0 Å². The molecule has 0 saturated carbocycles. The van der Waals surface area contributed by atoms with Crippen molar-refractivity contribution in [2.24, 2.45) is 0 Å². The maximum absolute atomic E-state index is 11.0. The minimum absolute atomic E-state index is 0.0205. The molecule has 0 saturated heterocycles. The maximum atomic E-state index is 11.0. The van der Waals surface area contributed by atoms with Crippen LogP contribution >= 0.6 is 0 Å². The van der Waals surface area contributed by atoms with Gasteiger partial charge in [0.2, 0.25) is 6.79 Å². The Morgan fingerprint density at radius 1 is 1.17 bits per heavy atom. The predicted molar refractivity (Wildman–Crippen MR) is 81.8 cm³/mol. The first-order valence-electron chi connectivity index (χ1n) is 7.44. The number of rotatable bonds is 2. The zero-order valence-electron chi connectivity index (χ0n) is 12.5. The molecule has 2 aromatic carbocycles. The number of benzene rings is 2. The van der Waals surface area contributed by atoms with E-state index in [0.717, 1.165) is 28.9 Å². The van der Waals surface area contributed by atoms with Gasteiger partial charge >= 0.3 is 0 Å². The van der Waals surface area contributed by atoms with Gasteiger partial charge in [-0.15, -0.1) is 0 Å². The molecule has 118 valence electrons. The standard InChI is InChI=1S/C17H15NO5/c1-10-5-12-7-15-16(22-9-21-15)8-14(12)17(23-10)11-3-2-4-13(6-11)18(19)20/h2-4,6-8,10,17H,5,9H2,1H3/t10-,17?/m0/s1. The third-order valence-corrected chi connectivity index (χ3v) is 4.18. The van der Waals surface area contributed by atoms with E-state index in [9.17, 15) is 10.1 Å². The number of nitro groups is 1. The van der Waals surface area contributed by atoms with Gasteiger partial charge in [-0.3, -0.25) is 10.1 Å². The number of nitrogens with zero attached hydrogens (tertiary/aromatic N) is 1. The quantitative estimate of drug-likeness (QED) is 0.628. The second-order valence-corrected chi connectivity index (χ2v) is 5.79. The van der Waals surface area contributed by atoms with Crippen LogP contribution in [0.25, 0.3) is 0 Å². The van der Waals surface area contributed by atoms with Crippen molar-refractivity contribution in [3.63, 3.8) is 0 Å². The van der Waals surface area contributed by atoms with Gasteiger partial charge in [0, 0.05) is 12.1 Å². The molecular weight excluding hydrogens is 298 g/mol. The topological polar surface area (TPSA) is 70.8 Å². The lowest BCUT2D eigenvalue weighted by Crippen LogP contribution is -2.24. The average molecular weight is 313 g/mol. The van der Waals surface area contributed by atoms with E-state index in [1.165, 1.54) is 6.07 Å². The summed E-state index contributed by atoms with van der Waals surface area (Å²) in [7, 11) is 0. The van der Waals surface area contributed by atoms with E-state index in [0.29, 0.717) is 5.75 Å². The second kappa shape index (κ2) is 5.24. The maximum Gasteiger partial charge on any atom is 0.269 e. The molecule has 0 aromatic heterocycles. The molecule has 23 heavy (non-hydrogen) atoms. The predicted octanol–water partition coefficient (Wildman–Crippen LogP) is 3.37. The third kappa shape index (κ3) is 2.41. The minimum atomic E-state index is -0.393. The molecule has 2 aliphatic heterocycles. The lowest BCUT2D eigenvalue weighted by molar-refractivity contribution is -0.385. The molecule has 0 bridgehead atoms. The zero-order chi connectivity index (χ0) is 16.0.